The fourth-order valence-corrected chi connectivity index (χ4v) is 1.75. The van der Waals surface area contributed by atoms with E-state index in [1.807, 2.05) is 6.08 Å². The van der Waals surface area contributed by atoms with Crippen LogP contribution in [0.2, 0.25) is 0 Å². The highest BCUT2D eigenvalue weighted by molar-refractivity contribution is 5.69. The average molecular weight is 151 g/mol. The minimum absolute atomic E-state index is 1.22. The Balaban J connectivity index is 2.58. The molecule has 0 saturated carbocycles. The van der Waals surface area contributed by atoms with E-state index in [2.05, 4.69) is 42.5 Å². The van der Waals surface area contributed by atoms with Crippen molar-refractivity contribution < 1.29 is 0 Å². The largest absolute Gasteiger partial charge is 0.0610 e. The zero-order chi connectivity index (χ0) is 7.97. The molecule has 2 aliphatic carbocycles. The third-order valence-corrected chi connectivity index (χ3v) is 2.35. The number of allylic oxidation sites excluding steroid dienone is 2. The maximum Gasteiger partial charge on any atom is -0.00987 e. The van der Waals surface area contributed by atoms with E-state index in [1.165, 1.54) is 21.6 Å². The summed E-state index contributed by atoms with van der Waals surface area (Å²) in [6.07, 6.45) is 13.7. The molecule has 1 radical (unpaired) electrons. The molecule has 55 valence electrons. The quantitative estimate of drug-likeness (QED) is 0.519. The number of fused-ring (bicyclic) bond motifs is 3. The van der Waals surface area contributed by atoms with Crippen LogP contribution in [-0.4, -0.2) is 0 Å². The third kappa shape index (κ3) is 0.620. The first-order valence-electron chi connectivity index (χ1n) is 4.07. The lowest BCUT2D eigenvalue weighted by Crippen LogP contribution is -2.26. The van der Waals surface area contributed by atoms with Gasteiger partial charge in [0.15, 0.2) is 0 Å². The van der Waals surface area contributed by atoms with Crippen LogP contribution in [0.25, 0.3) is 18.2 Å². The molecule has 0 bridgehead atoms. The maximum absolute atomic E-state index is 3.20. The summed E-state index contributed by atoms with van der Waals surface area (Å²) in [6, 6.07) is 4.27. The Morgan fingerprint density at radius 2 is 2.00 bits per heavy atom. The van der Waals surface area contributed by atoms with E-state index in [4.69, 9.17) is 0 Å². The van der Waals surface area contributed by atoms with Crippen LogP contribution in [0.4, 0.5) is 0 Å². The van der Waals surface area contributed by atoms with E-state index in [0.29, 0.717) is 0 Å². The van der Waals surface area contributed by atoms with Gasteiger partial charge in [0.1, 0.15) is 0 Å². The van der Waals surface area contributed by atoms with E-state index in [0.717, 1.165) is 0 Å². The summed E-state index contributed by atoms with van der Waals surface area (Å²) in [7, 11) is 0. The maximum atomic E-state index is 3.20. The van der Waals surface area contributed by atoms with Crippen molar-refractivity contribution in [1.29, 1.82) is 0 Å². The molecule has 0 unspecified atom stereocenters. The van der Waals surface area contributed by atoms with Crippen LogP contribution in [0.3, 0.4) is 0 Å². The van der Waals surface area contributed by atoms with Gasteiger partial charge in [-0.3, -0.25) is 0 Å². The summed E-state index contributed by atoms with van der Waals surface area (Å²) in [4.78, 5) is 0. The molecule has 0 nitrogen and oxygen atoms in total. The molecule has 0 heterocycles. The highest BCUT2D eigenvalue weighted by Gasteiger charge is 2.03. The van der Waals surface area contributed by atoms with Gasteiger partial charge in [0.2, 0.25) is 0 Å². The van der Waals surface area contributed by atoms with Crippen LogP contribution < -0.4 is 10.4 Å². The smallest absolute Gasteiger partial charge is 0.00987 e. The summed E-state index contributed by atoms with van der Waals surface area (Å²) in [5.41, 5.74) is 2.54. The van der Waals surface area contributed by atoms with Gasteiger partial charge in [0.05, 0.1) is 0 Å². The molecule has 12 heavy (non-hydrogen) atoms. The standard InChI is InChI=1S/C12H7/c1-3-9-7-8-10-4-2-6-12(10)11(9)5-1/h1-3,5-8H. The molecule has 3 rings (SSSR count). The second kappa shape index (κ2) is 1.98. The van der Waals surface area contributed by atoms with Crippen molar-refractivity contribution in [2.45, 2.75) is 0 Å². The van der Waals surface area contributed by atoms with Crippen LogP contribution in [0.15, 0.2) is 24.3 Å². The third-order valence-electron chi connectivity index (χ3n) is 2.35. The fraction of sp³-hybridized carbons (Fsp3) is 0. The molecule has 0 amide bonds. The zero-order valence-corrected chi connectivity index (χ0v) is 6.54. The normalized spacial score (nSPS) is 15.3. The van der Waals surface area contributed by atoms with E-state index >= 15 is 0 Å². The second-order valence-corrected chi connectivity index (χ2v) is 3.03. The van der Waals surface area contributed by atoms with Gasteiger partial charge in [0, 0.05) is 0 Å². The lowest BCUT2D eigenvalue weighted by Gasteiger charge is -1.94. The first-order chi connectivity index (χ1) is 5.95. The Bertz CT molecular complexity index is 465. The Morgan fingerprint density at radius 1 is 1.00 bits per heavy atom. The second-order valence-electron chi connectivity index (χ2n) is 3.03. The number of rotatable bonds is 0. The van der Waals surface area contributed by atoms with Crippen molar-refractivity contribution in [2.24, 2.45) is 0 Å². The highest BCUT2D eigenvalue weighted by Crippen LogP contribution is 2.04. The molecule has 1 aromatic carbocycles. The molecule has 1 aromatic rings. The molecule has 0 spiro atoms. The topological polar surface area (TPSA) is 0 Å². The van der Waals surface area contributed by atoms with Gasteiger partial charge in [-0.05, 0) is 27.6 Å². The molecule has 0 saturated heterocycles. The molecule has 0 N–H and O–H groups in total. The van der Waals surface area contributed by atoms with E-state index in [1.54, 1.807) is 0 Å². The fourth-order valence-electron chi connectivity index (χ4n) is 1.75. The van der Waals surface area contributed by atoms with Crippen molar-refractivity contribution in [3.05, 3.63) is 51.9 Å². The highest BCUT2D eigenvalue weighted by atomic mass is 14.1. The van der Waals surface area contributed by atoms with Crippen LogP contribution in [0, 0.1) is 6.08 Å². The van der Waals surface area contributed by atoms with Gasteiger partial charge < -0.3 is 0 Å². The average Bonchev–Trinajstić information content (AvgIpc) is 2.71. The Kier molecular flexibility index (Phi) is 0.991. The SMILES string of the molecule is [C]1=CC=c2c1ccc1c2=CC=C1. The summed E-state index contributed by atoms with van der Waals surface area (Å²) in [6.45, 7) is 0. The molecule has 0 aromatic heterocycles. The molecular weight excluding hydrogens is 144 g/mol. The van der Waals surface area contributed by atoms with Crippen molar-refractivity contribution in [2.75, 3.05) is 0 Å². The molecular formula is C12H7. The molecule has 0 atom stereocenters. The van der Waals surface area contributed by atoms with E-state index in [9.17, 15) is 0 Å². The van der Waals surface area contributed by atoms with Crippen molar-refractivity contribution >= 4 is 18.2 Å². The van der Waals surface area contributed by atoms with Gasteiger partial charge in [-0.15, -0.1) is 0 Å². The summed E-state index contributed by atoms with van der Waals surface area (Å²) in [5.74, 6) is 0. The van der Waals surface area contributed by atoms with Crippen LogP contribution in [-0.2, 0) is 0 Å². The van der Waals surface area contributed by atoms with E-state index in [-0.39, 0.29) is 0 Å². The minimum atomic E-state index is 1.22. The molecule has 0 heteroatoms. The molecule has 0 fully saturated rings. The van der Waals surface area contributed by atoms with Crippen LogP contribution >= 0.6 is 0 Å². The monoisotopic (exact) mass is 151 g/mol. The van der Waals surface area contributed by atoms with Crippen LogP contribution in [0.5, 0.6) is 0 Å². The first kappa shape index (κ1) is 6.01. The summed E-state index contributed by atoms with van der Waals surface area (Å²) >= 11 is 0. The Labute approximate surface area is 70.9 Å². The van der Waals surface area contributed by atoms with Crippen LogP contribution in [0.1, 0.15) is 11.1 Å². The Morgan fingerprint density at radius 3 is 3.00 bits per heavy atom. The Hall–Kier alpha value is -1.56. The number of hydrogen-bond donors (Lipinski definition) is 0. The summed E-state index contributed by atoms with van der Waals surface area (Å²) in [5, 5.41) is 2.66. The lowest BCUT2D eigenvalue weighted by atomic mass is 10.1. The predicted molar refractivity (Wildman–Crippen MR) is 50.6 cm³/mol. The van der Waals surface area contributed by atoms with Gasteiger partial charge in [-0.25, -0.2) is 0 Å². The number of benzene rings is 1. The molecule has 0 aliphatic heterocycles. The van der Waals surface area contributed by atoms with Gasteiger partial charge in [-0.2, -0.15) is 0 Å². The van der Waals surface area contributed by atoms with Crippen molar-refractivity contribution in [1.82, 2.24) is 0 Å². The van der Waals surface area contributed by atoms with E-state index < -0.39 is 0 Å². The minimum Gasteiger partial charge on any atom is -0.0610 e. The van der Waals surface area contributed by atoms with Gasteiger partial charge in [-0.1, -0.05) is 42.5 Å². The summed E-state index contributed by atoms with van der Waals surface area (Å²) < 4.78 is 0. The van der Waals surface area contributed by atoms with Gasteiger partial charge in [0.25, 0.3) is 0 Å². The zero-order valence-electron chi connectivity index (χ0n) is 6.54. The lowest BCUT2D eigenvalue weighted by molar-refractivity contribution is 1.45. The molecule has 2 aliphatic rings. The van der Waals surface area contributed by atoms with Gasteiger partial charge >= 0.3 is 0 Å². The number of hydrogen-bond acceptors (Lipinski definition) is 0. The van der Waals surface area contributed by atoms with Crippen molar-refractivity contribution in [3.8, 4) is 0 Å². The van der Waals surface area contributed by atoms with Crippen molar-refractivity contribution in [3.63, 3.8) is 0 Å². The predicted octanol–water partition coefficient (Wildman–Crippen LogP) is 0.995. The first-order valence-corrected chi connectivity index (χ1v) is 4.07.